The number of hydrogen-bond donors (Lipinski definition) is 3. The average molecular weight is 587 g/mol. The van der Waals surface area contributed by atoms with Gasteiger partial charge < -0.3 is 16.0 Å². The smallest absolute Gasteiger partial charge is 0.247 e. The Morgan fingerprint density at radius 3 is 2.74 bits per heavy atom. The van der Waals surface area contributed by atoms with E-state index in [1.807, 2.05) is 40.8 Å². The molecule has 2 aromatic heterocycles. The van der Waals surface area contributed by atoms with Crippen LogP contribution in [-0.4, -0.2) is 38.0 Å². The van der Waals surface area contributed by atoms with Crippen molar-refractivity contribution >= 4 is 40.4 Å². The monoisotopic (exact) mass is 586 g/mol. The second-order valence-corrected chi connectivity index (χ2v) is 11.7. The number of hydrogen-bond acceptors (Lipinski definition) is 7. The lowest BCUT2D eigenvalue weighted by Gasteiger charge is -2.35. The van der Waals surface area contributed by atoms with Crippen LogP contribution in [0.4, 0.5) is 11.4 Å². The van der Waals surface area contributed by atoms with Crippen LogP contribution in [0.25, 0.3) is 16.8 Å². The molecule has 10 nitrogen and oxygen atoms in total. The number of aromatic nitrogens is 3. The van der Waals surface area contributed by atoms with E-state index in [-0.39, 0.29) is 23.8 Å². The summed E-state index contributed by atoms with van der Waals surface area (Å²) < 4.78 is 2.02. The minimum Gasteiger partial charge on any atom is -0.403 e. The van der Waals surface area contributed by atoms with Crippen LogP contribution in [0.15, 0.2) is 61.2 Å². The Hall–Kier alpha value is -4.15. The van der Waals surface area contributed by atoms with Crippen molar-refractivity contribution in [3.63, 3.8) is 0 Å². The number of carbonyl (C=O) groups is 2. The van der Waals surface area contributed by atoms with Gasteiger partial charge >= 0.3 is 0 Å². The molecule has 11 heteroatoms. The first-order valence-electron chi connectivity index (χ1n) is 14.4. The van der Waals surface area contributed by atoms with Gasteiger partial charge in [0.15, 0.2) is 0 Å². The van der Waals surface area contributed by atoms with Crippen LogP contribution in [0.5, 0.6) is 0 Å². The van der Waals surface area contributed by atoms with Gasteiger partial charge in [-0.15, -0.1) is 0 Å². The number of hydrazine groups is 1. The van der Waals surface area contributed by atoms with E-state index in [1.54, 1.807) is 30.7 Å². The third-order valence-electron chi connectivity index (χ3n) is 8.31. The lowest BCUT2D eigenvalue weighted by molar-refractivity contribution is -0.129. The Balaban J connectivity index is 1.36. The van der Waals surface area contributed by atoms with Gasteiger partial charge in [-0.2, -0.15) is 5.10 Å². The minimum absolute atomic E-state index is 0.0182. The third-order valence-corrected chi connectivity index (χ3v) is 8.55. The Morgan fingerprint density at radius 2 is 1.98 bits per heavy atom. The number of nitrogens with zero attached hydrogens (tertiary/aromatic N) is 5. The van der Waals surface area contributed by atoms with E-state index in [2.05, 4.69) is 10.4 Å². The first kappa shape index (κ1) is 28.0. The first-order valence-corrected chi connectivity index (χ1v) is 14.8. The number of fused-ring (bicyclic) bond motifs is 4. The average Bonchev–Trinajstić information content (AvgIpc) is 3.74. The van der Waals surface area contributed by atoms with Gasteiger partial charge in [0.2, 0.25) is 11.8 Å². The van der Waals surface area contributed by atoms with Crippen molar-refractivity contribution in [2.45, 2.75) is 57.5 Å². The fourth-order valence-corrected chi connectivity index (χ4v) is 6.10. The molecule has 6 rings (SSSR count). The van der Waals surface area contributed by atoms with Crippen molar-refractivity contribution in [2.24, 2.45) is 17.5 Å². The summed E-state index contributed by atoms with van der Waals surface area (Å²) in [7, 11) is 0. The van der Waals surface area contributed by atoms with E-state index in [4.69, 9.17) is 28.2 Å². The van der Waals surface area contributed by atoms with E-state index in [0.29, 0.717) is 48.2 Å². The SMILES string of the molecule is C[C@@H]1CCC[C@H](N2CCC(c3cc(Cl)ccc3N(N)/C=C\N)=CC2=O)c2cc(ccn2)-c2c(cnn2C2CC2)NC1=O. The summed E-state index contributed by atoms with van der Waals surface area (Å²) >= 11 is 6.35. The molecule has 5 N–H and O–H groups in total. The fraction of sp³-hybridized carbons (Fsp3) is 0.355. The lowest BCUT2D eigenvalue weighted by atomic mass is 9.93. The number of anilines is 2. The fourth-order valence-electron chi connectivity index (χ4n) is 5.92. The van der Waals surface area contributed by atoms with Gasteiger partial charge in [-0.25, -0.2) is 5.84 Å². The molecule has 1 aromatic carbocycles. The summed E-state index contributed by atoms with van der Waals surface area (Å²) in [5, 5.41) is 9.73. The maximum atomic E-state index is 13.8. The van der Waals surface area contributed by atoms with Gasteiger partial charge in [0.25, 0.3) is 0 Å². The number of carbonyl (C=O) groups excluding carboxylic acids is 2. The van der Waals surface area contributed by atoms with E-state index in [1.165, 1.54) is 11.2 Å². The zero-order valence-corrected chi connectivity index (χ0v) is 24.3. The van der Waals surface area contributed by atoms with Crippen LogP contribution in [0.1, 0.15) is 68.8 Å². The van der Waals surface area contributed by atoms with Crippen LogP contribution in [0, 0.1) is 5.92 Å². The minimum atomic E-state index is -0.240. The highest BCUT2D eigenvalue weighted by atomic mass is 35.5. The number of nitrogens with one attached hydrogen (secondary N) is 1. The standard InChI is InChI=1S/C31H35ClN8O2/c1-19-3-2-4-28(25-15-21(9-12-35-25)30-26(37-31(19)42)18-36-40(30)23-6-7-23)38-13-10-20(16-29(38)41)24-17-22(32)5-8-27(24)39(34)14-11-33/h5,8-9,11-12,14-19,23,28H,2-4,6-7,10,13,33-34H2,1H3,(H,37,42)/b14-11-/t19-,28+/m1/s1. The van der Waals surface area contributed by atoms with Crippen molar-refractivity contribution in [2.75, 3.05) is 16.9 Å². The molecule has 42 heavy (non-hydrogen) atoms. The number of halogens is 1. The van der Waals surface area contributed by atoms with E-state index in [0.717, 1.165) is 47.4 Å². The molecule has 0 radical (unpaired) electrons. The predicted molar refractivity (Wildman–Crippen MR) is 164 cm³/mol. The summed E-state index contributed by atoms with van der Waals surface area (Å²) in [5.74, 6) is 5.90. The van der Waals surface area contributed by atoms with Gasteiger partial charge in [-0.1, -0.05) is 24.9 Å². The normalized spacial score (nSPS) is 21.3. The Bertz CT molecular complexity index is 1580. The number of amides is 2. The third kappa shape index (κ3) is 5.52. The molecule has 2 amide bonds. The number of benzene rings is 1. The second kappa shape index (κ2) is 11.6. The predicted octanol–water partition coefficient (Wildman–Crippen LogP) is 5.16. The van der Waals surface area contributed by atoms with Gasteiger partial charge in [0, 0.05) is 53.3 Å². The molecule has 4 heterocycles. The summed E-state index contributed by atoms with van der Waals surface area (Å²) in [6.07, 6.45) is 13.0. The highest BCUT2D eigenvalue weighted by molar-refractivity contribution is 6.31. The maximum Gasteiger partial charge on any atom is 0.247 e. The Morgan fingerprint density at radius 1 is 1.14 bits per heavy atom. The molecule has 3 aliphatic rings. The highest BCUT2D eigenvalue weighted by Gasteiger charge is 2.33. The molecule has 2 bridgehead atoms. The molecule has 0 saturated heterocycles. The molecule has 3 aromatic rings. The quantitative estimate of drug-likeness (QED) is 0.277. The van der Waals surface area contributed by atoms with Crippen molar-refractivity contribution in [1.29, 1.82) is 0 Å². The van der Waals surface area contributed by atoms with Gasteiger partial charge in [-0.05, 0) is 68.0 Å². The summed E-state index contributed by atoms with van der Waals surface area (Å²) in [6.45, 7) is 2.45. The van der Waals surface area contributed by atoms with Crippen LogP contribution < -0.4 is 21.9 Å². The number of nitrogens with two attached hydrogens (primary N) is 2. The second-order valence-electron chi connectivity index (χ2n) is 11.3. The molecule has 2 aliphatic heterocycles. The summed E-state index contributed by atoms with van der Waals surface area (Å²) in [6, 6.07) is 9.49. The van der Waals surface area contributed by atoms with Gasteiger partial charge in [0.05, 0.1) is 41.0 Å². The molecule has 1 fully saturated rings. The molecular formula is C31H35ClN8O2. The molecule has 0 unspecified atom stereocenters. The molecule has 2 atom stereocenters. The number of pyridine rings is 1. The number of rotatable bonds is 5. The van der Waals surface area contributed by atoms with E-state index in [9.17, 15) is 9.59 Å². The largest absolute Gasteiger partial charge is 0.403 e. The van der Waals surface area contributed by atoms with Crippen LogP contribution in [0.3, 0.4) is 0 Å². The molecular weight excluding hydrogens is 552 g/mol. The maximum absolute atomic E-state index is 13.8. The molecule has 1 saturated carbocycles. The van der Waals surface area contributed by atoms with Crippen LogP contribution in [-0.2, 0) is 9.59 Å². The van der Waals surface area contributed by atoms with E-state index < -0.39 is 0 Å². The first-order chi connectivity index (χ1) is 20.3. The topological polar surface area (TPSA) is 135 Å². The Labute approximate surface area is 250 Å². The summed E-state index contributed by atoms with van der Waals surface area (Å²) in [4.78, 5) is 33.6. The summed E-state index contributed by atoms with van der Waals surface area (Å²) in [5.41, 5.74) is 11.3. The van der Waals surface area contributed by atoms with Gasteiger partial charge in [0.1, 0.15) is 0 Å². The lowest BCUT2D eigenvalue weighted by Crippen LogP contribution is -2.38. The van der Waals surface area contributed by atoms with Crippen molar-refractivity contribution in [3.05, 3.63) is 77.5 Å². The van der Waals surface area contributed by atoms with Gasteiger partial charge in [-0.3, -0.25) is 24.3 Å². The van der Waals surface area contributed by atoms with Crippen molar-refractivity contribution in [1.82, 2.24) is 19.7 Å². The van der Waals surface area contributed by atoms with E-state index >= 15 is 0 Å². The van der Waals surface area contributed by atoms with Crippen LogP contribution in [0.2, 0.25) is 5.02 Å². The molecule has 0 spiro atoms. The van der Waals surface area contributed by atoms with Crippen molar-refractivity contribution in [3.8, 4) is 11.3 Å². The Kier molecular flexibility index (Phi) is 7.74. The van der Waals surface area contributed by atoms with Crippen LogP contribution >= 0.6 is 11.6 Å². The van der Waals surface area contributed by atoms with Crippen molar-refractivity contribution < 1.29 is 9.59 Å². The zero-order valence-electron chi connectivity index (χ0n) is 23.5. The molecule has 1 aliphatic carbocycles. The molecule has 218 valence electrons. The zero-order chi connectivity index (χ0) is 29.4. The highest BCUT2D eigenvalue weighted by Crippen LogP contribution is 2.42.